The minimum atomic E-state index is 0.162. The molecule has 2 aromatic rings. The van der Waals surface area contributed by atoms with Crippen molar-refractivity contribution in [1.29, 1.82) is 0 Å². The van der Waals surface area contributed by atoms with Gasteiger partial charge in [-0.3, -0.25) is 4.90 Å². The molecule has 0 saturated carbocycles. The smallest absolute Gasteiger partial charge is 0.138 e. The third kappa shape index (κ3) is 2.31. The first-order valence-corrected chi connectivity index (χ1v) is 8.53. The monoisotopic (exact) mass is 308 g/mol. The topological polar surface area (TPSA) is 26.7 Å². The SMILES string of the molecule is CN1CCc2ccccc2C12CCN(c1ccccc1O)CC2. The number of para-hydroxylation sites is 2. The molecule has 1 fully saturated rings. The molecule has 3 heteroatoms. The number of nitrogens with zero attached hydrogens (tertiary/aromatic N) is 2. The summed E-state index contributed by atoms with van der Waals surface area (Å²) in [6.45, 7) is 3.10. The second-order valence-corrected chi connectivity index (χ2v) is 6.84. The quantitative estimate of drug-likeness (QED) is 0.875. The number of benzene rings is 2. The molecule has 4 rings (SSSR count). The molecular formula is C20H24N2O. The first-order valence-electron chi connectivity index (χ1n) is 8.53. The number of fused-ring (bicyclic) bond motifs is 2. The van der Waals surface area contributed by atoms with Crippen molar-refractivity contribution in [3.05, 3.63) is 59.7 Å². The van der Waals surface area contributed by atoms with Gasteiger partial charge in [0.15, 0.2) is 0 Å². The lowest BCUT2D eigenvalue weighted by atomic mass is 9.74. The number of hydrogen-bond donors (Lipinski definition) is 1. The summed E-state index contributed by atoms with van der Waals surface area (Å²) < 4.78 is 0. The standard InChI is InChI=1S/C20H24N2O/c1-21-13-10-16-6-2-3-7-17(16)20(21)11-14-22(15-12-20)18-8-4-5-9-19(18)23/h2-9,23H,10-15H2,1H3. The van der Waals surface area contributed by atoms with Crippen LogP contribution in [0.5, 0.6) is 5.75 Å². The van der Waals surface area contributed by atoms with Gasteiger partial charge in [0, 0.05) is 25.2 Å². The van der Waals surface area contributed by atoms with Crippen molar-refractivity contribution >= 4 is 5.69 Å². The number of phenolic OH excluding ortho intramolecular Hbond substituents is 1. The Hall–Kier alpha value is -2.00. The van der Waals surface area contributed by atoms with Gasteiger partial charge in [0.05, 0.1) is 5.69 Å². The molecule has 1 N–H and O–H groups in total. The molecule has 0 aromatic heterocycles. The van der Waals surface area contributed by atoms with E-state index in [1.807, 2.05) is 18.2 Å². The molecule has 1 saturated heterocycles. The summed E-state index contributed by atoms with van der Waals surface area (Å²) in [5.41, 5.74) is 4.16. The van der Waals surface area contributed by atoms with Crippen LogP contribution < -0.4 is 4.90 Å². The number of rotatable bonds is 1. The van der Waals surface area contributed by atoms with Crippen molar-refractivity contribution in [2.75, 3.05) is 31.6 Å². The van der Waals surface area contributed by atoms with Gasteiger partial charge >= 0.3 is 0 Å². The van der Waals surface area contributed by atoms with Gasteiger partial charge in [0.25, 0.3) is 0 Å². The van der Waals surface area contributed by atoms with Crippen molar-refractivity contribution in [3.8, 4) is 5.75 Å². The first-order chi connectivity index (χ1) is 11.2. The van der Waals surface area contributed by atoms with Crippen molar-refractivity contribution < 1.29 is 5.11 Å². The Bertz CT molecular complexity index is 704. The Labute approximate surface area is 138 Å². The summed E-state index contributed by atoms with van der Waals surface area (Å²) in [4.78, 5) is 4.88. The zero-order valence-electron chi connectivity index (χ0n) is 13.7. The molecule has 0 amide bonds. The maximum Gasteiger partial charge on any atom is 0.138 e. The van der Waals surface area contributed by atoms with Gasteiger partial charge in [0.2, 0.25) is 0 Å². The average molecular weight is 308 g/mol. The van der Waals surface area contributed by atoms with E-state index in [1.54, 1.807) is 6.07 Å². The van der Waals surface area contributed by atoms with Crippen LogP contribution in [0.1, 0.15) is 24.0 Å². The molecule has 2 heterocycles. The van der Waals surface area contributed by atoms with Crippen LogP contribution in [0.3, 0.4) is 0 Å². The molecule has 0 atom stereocenters. The van der Waals surface area contributed by atoms with Gasteiger partial charge in [-0.1, -0.05) is 36.4 Å². The van der Waals surface area contributed by atoms with Gasteiger partial charge in [-0.2, -0.15) is 0 Å². The molecule has 2 aliphatic rings. The zero-order chi connectivity index (χ0) is 15.9. The van der Waals surface area contributed by atoms with Crippen LogP contribution in [0, 0.1) is 0 Å². The van der Waals surface area contributed by atoms with E-state index in [0.29, 0.717) is 5.75 Å². The van der Waals surface area contributed by atoms with Gasteiger partial charge in [-0.25, -0.2) is 0 Å². The summed E-state index contributed by atoms with van der Waals surface area (Å²) in [5, 5.41) is 10.1. The van der Waals surface area contributed by atoms with E-state index >= 15 is 0 Å². The van der Waals surface area contributed by atoms with E-state index in [-0.39, 0.29) is 5.54 Å². The molecule has 2 aliphatic heterocycles. The van der Waals surface area contributed by atoms with Gasteiger partial charge in [-0.15, -0.1) is 0 Å². The molecule has 23 heavy (non-hydrogen) atoms. The van der Waals surface area contributed by atoms with E-state index in [9.17, 15) is 5.11 Å². The van der Waals surface area contributed by atoms with Crippen LogP contribution in [0.25, 0.3) is 0 Å². The summed E-state index contributed by atoms with van der Waals surface area (Å²) in [5.74, 6) is 0.390. The van der Waals surface area contributed by atoms with E-state index in [0.717, 1.165) is 44.6 Å². The lowest BCUT2D eigenvalue weighted by Gasteiger charge is -2.51. The number of phenols is 1. The molecule has 2 aromatic carbocycles. The normalized spacial score (nSPS) is 20.5. The largest absolute Gasteiger partial charge is 0.506 e. The fourth-order valence-corrected chi connectivity index (χ4v) is 4.40. The zero-order valence-corrected chi connectivity index (χ0v) is 13.7. The highest BCUT2D eigenvalue weighted by Crippen LogP contribution is 2.44. The van der Waals surface area contributed by atoms with E-state index < -0.39 is 0 Å². The predicted octanol–water partition coefficient (Wildman–Crippen LogP) is 3.38. The molecule has 1 spiro atoms. The number of anilines is 1. The Morgan fingerprint density at radius 2 is 1.61 bits per heavy atom. The maximum absolute atomic E-state index is 10.1. The summed E-state index contributed by atoms with van der Waals surface area (Å²) in [7, 11) is 2.27. The Balaban J connectivity index is 1.63. The third-order valence-electron chi connectivity index (χ3n) is 5.78. The van der Waals surface area contributed by atoms with Gasteiger partial charge in [-0.05, 0) is 49.6 Å². The van der Waals surface area contributed by atoms with Crippen molar-refractivity contribution in [2.24, 2.45) is 0 Å². The van der Waals surface area contributed by atoms with Crippen molar-refractivity contribution in [1.82, 2.24) is 4.90 Å². The number of hydrogen-bond acceptors (Lipinski definition) is 3. The first kappa shape index (κ1) is 14.6. The fourth-order valence-electron chi connectivity index (χ4n) is 4.40. The van der Waals surface area contributed by atoms with Crippen LogP contribution in [-0.4, -0.2) is 36.7 Å². The molecule has 0 unspecified atom stereocenters. The minimum Gasteiger partial charge on any atom is -0.506 e. The third-order valence-corrected chi connectivity index (χ3v) is 5.78. The molecule has 3 nitrogen and oxygen atoms in total. The Morgan fingerprint density at radius 3 is 2.39 bits per heavy atom. The highest BCUT2D eigenvalue weighted by Gasteiger charge is 2.43. The van der Waals surface area contributed by atoms with Gasteiger partial charge < -0.3 is 10.0 Å². The Morgan fingerprint density at radius 1 is 0.913 bits per heavy atom. The predicted molar refractivity (Wildman–Crippen MR) is 94.0 cm³/mol. The molecule has 0 bridgehead atoms. The lowest BCUT2D eigenvalue weighted by molar-refractivity contribution is 0.0757. The van der Waals surface area contributed by atoms with Crippen LogP contribution in [0.2, 0.25) is 0 Å². The van der Waals surface area contributed by atoms with Crippen LogP contribution in [-0.2, 0) is 12.0 Å². The molecule has 120 valence electrons. The molecule has 0 radical (unpaired) electrons. The number of likely N-dealkylation sites (N-methyl/N-ethyl adjacent to an activating group) is 1. The lowest BCUT2D eigenvalue weighted by Crippen LogP contribution is -2.54. The van der Waals surface area contributed by atoms with Crippen LogP contribution in [0.4, 0.5) is 5.69 Å². The Kier molecular flexibility index (Phi) is 3.53. The van der Waals surface area contributed by atoms with Crippen molar-refractivity contribution in [3.63, 3.8) is 0 Å². The van der Waals surface area contributed by atoms with Crippen LogP contribution in [0.15, 0.2) is 48.5 Å². The minimum absolute atomic E-state index is 0.162. The molecule has 0 aliphatic carbocycles. The highest BCUT2D eigenvalue weighted by atomic mass is 16.3. The highest BCUT2D eigenvalue weighted by molar-refractivity contribution is 5.58. The summed E-state index contributed by atoms with van der Waals surface area (Å²) in [6, 6.07) is 16.6. The fraction of sp³-hybridized carbons (Fsp3) is 0.400. The van der Waals surface area contributed by atoms with E-state index in [4.69, 9.17) is 0 Å². The number of aromatic hydroxyl groups is 1. The average Bonchev–Trinajstić information content (AvgIpc) is 2.60. The second kappa shape index (κ2) is 5.57. The summed E-state index contributed by atoms with van der Waals surface area (Å²) in [6.07, 6.45) is 3.36. The number of piperidine rings is 1. The van der Waals surface area contributed by atoms with Crippen LogP contribution >= 0.6 is 0 Å². The van der Waals surface area contributed by atoms with E-state index in [1.165, 1.54) is 11.1 Å². The van der Waals surface area contributed by atoms with Gasteiger partial charge in [0.1, 0.15) is 5.75 Å². The summed E-state index contributed by atoms with van der Waals surface area (Å²) >= 11 is 0. The second-order valence-electron chi connectivity index (χ2n) is 6.84. The molecular weight excluding hydrogens is 284 g/mol. The van der Waals surface area contributed by atoms with Crippen molar-refractivity contribution in [2.45, 2.75) is 24.8 Å². The van der Waals surface area contributed by atoms with E-state index in [2.05, 4.69) is 41.1 Å². The maximum atomic E-state index is 10.1.